The van der Waals surface area contributed by atoms with Crippen LogP contribution in [0.15, 0.2) is 6.20 Å². The van der Waals surface area contributed by atoms with Crippen molar-refractivity contribution in [3.63, 3.8) is 0 Å². The van der Waals surface area contributed by atoms with Crippen molar-refractivity contribution >= 4 is 5.97 Å². The van der Waals surface area contributed by atoms with E-state index in [1.807, 2.05) is 11.7 Å². The maximum Gasteiger partial charge on any atom is 0.308 e. The zero-order chi connectivity index (χ0) is 16.3. The lowest BCUT2D eigenvalue weighted by Crippen LogP contribution is -2.43. The predicted molar refractivity (Wildman–Crippen MR) is 83.6 cm³/mol. The van der Waals surface area contributed by atoms with Crippen LogP contribution in [-0.4, -0.2) is 53.6 Å². The monoisotopic (exact) mass is 309 g/mol. The Morgan fingerprint density at radius 2 is 2.23 bits per heavy atom. The first-order valence-corrected chi connectivity index (χ1v) is 7.73. The number of rotatable bonds is 4. The number of carbonyl (C=O) groups is 1. The van der Waals surface area contributed by atoms with Gasteiger partial charge in [-0.2, -0.15) is 5.10 Å². The third kappa shape index (κ3) is 4.30. The molecule has 1 aliphatic rings. The Bertz CT molecular complexity index is 519. The van der Waals surface area contributed by atoms with E-state index in [9.17, 15) is 4.79 Å². The van der Waals surface area contributed by atoms with E-state index in [1.54, 1.807) is 0 Å². The van der Waals surface area contributed by atoms with Gasteiger partial charge in [0, 0.05) is 43.9 Å². The number of hydrogen-bond acceptors (Lipinski definition) is 5. The molecule has 1 aliphatic heterocycles. The highest BCUT2D eigenvalue weighted by Crippen LogP contribution is 2.25. The molecule has 0 bridgehead atoms. The minimum atomic E-state index is -0.219. The minimum absolute atomic E-state index is 0.0221. The van der Waals surface area contributed by atoms with Crippen molar-refractivity contribution in [3.8, 4) is 0 Å². The van der Waals surface area contributed by atoms with Crippen LogP contribution in [0.2, 0.25) is 0 Å². The van der Waals surface area contributed by atoms with Crippen LogP contribution >= 0.6 is 0 Å². The standard InChI is InChI=1S/C16H27N3O3/c1-16(2,3)15-12(9-18(4)17-15)10-19-6-7-22-13(11-19)8-14(20)21-5/h9,13H,6-8,10-11H2,1-5H3. The summed E-state index contributed by atoms with van der Waals surface area (Å²) >= 11 is 0. The molecule has 0 spiro atoms. The van der Waals surface area contributed by atoms with Crippen molar-refractivity contribution in [3.05, 3.63) is 17.5 Å². The third-order valence-corrected chi connectivity index (χ3v) is 3.85. The molecule has 1 aromatic heterocycles. The highest BCUT2D eigenvalue weighted by Gasteiger charge is 2.27. The van der Waals surface area contributed by atoms with Crippen molar-refractivity contribution in [2.75, 3.05) is 26.8 Å². The number of hydrogen-bond donors (Lipinski definition) is 0. The summed E-state index contributed by atoms with van der Waals surface area (Å²) in [5.41, 5.74) is 2.40. The Kier molecular flexibility index (Phi) is 5.24. The smallest absolute Gasteiger partial charge is 0.308 e. The average molecular weight is 309 g/mol. The predicted octanol–water partition coefficient (Wildman–Crippen LogP) is 1.48. The fraction of sp³-hybridized carbons (Fsp3) is 0.750. The summed E-state index contributed by atoms with van der Waals surface area (Å²) in [4.78, 5) is 13.7. The lowest BCUT2D eigenvalue weighted by Gasteiger charge is -2.32. The molecule has 0 amide bonds. The number of morpholine rings is 1. The van der Waals surface area contributed by atoms with Crippen LogP contribution in [0.4, 0.5) is 0 Å². The molecule has 22 heavy (non-hydrogen) atoms. The number of esters is 1. The molecular weight excluding hydrogens is 282 g/mol. The fourth-order valence-electron chi connectivity index (χ4n) is 2.84. The van der Waals surface area contributed by atoms with Crippen LogP contribution in [-0.2, 0) is 33.3 Å². The molecule has 6 heteroatoms. The van der Waals surface area contributed by atoms with Crippen LogP contribution in [0.3, 0.4) is 0 Å². The number of aromatic nitrogens is 2. The molecule has 1 fully saturated rings. The van der Waals surface area contributed by atoms with Gasteiger partial charge in [-0.25, -0.2) is 0 Å². The topological polar surface area (TPSA) is 56.6 Å². The second-order valence-electron chi connectivity index (χ2n) is 6.93. The minimum Gasteiger partial charge on any atom is -0.469 e. The first-order valence-electron chi connectivity index (χ1n) is 7.73. The lowest BCUT2D eigenvalue weighted by molar-refractivity contribution is -0.145. The van der Waals surface area contributed by atoms with E-state index in [4.69, 9.17) is 9.47 Å². The van der Waals surface area contributed by atoms with Gasteiger partial charge in [0.15, 0.2) is 0 Å². The summed E-state index contributed by atoms with van der Waals surface area (Å²) in [7, 11) is 3.37. The normalized spacial score (nSPS) is 20.1. The molecule has 1 aromatic rings. The number of nitrogens with zero attached hydrogens (tertiary/aromatic N) is 3. The van der Waals surface area contributed by atoms with E-state index in [0.717, 1.165) is 25.3 Å². The number of aryl methyl sites for hydroxylation is 1. The van der Waals surface area contributed by atoms with Crippen LogP contribution in [0, 0.1) is 0 Å². The van der Waals surface area contributed by atoms with E-state index in [0.29, 0.717) is 13.0 Å². The third-order valence-electron chi connectivity index (χ3n) is 3.85. The van der Waals surface area contributed by atoms with Crippen molar-refractivity contribution < 1.29 is 14.3 Å². The summed E-state index contributed by atoms with van der Waals surface area (Å²) in [5.74, 6) is -0.219. The number of carbonyl (C=O) groups excluding carboxylic acids is 1. The summed E-state index contributed by atoms with van der Waals surface area (Å²) in [6, 6.07) is 0. The SMILES string of the molecule is COC(=O)CC1CN(Cc2cn(C)nc2C(C)(C)C)CCO1. The van der Waals surface area contributed by atoms with Gasteiger partial charge in [-0.05, 0) is 0 Å². The van der Waals surface area contributed by atoms with Crippen molar-refractivity contribution in [1.29, 1.82) is 0 Å². The summed E-state index contributed by atoms with van der Waals surface area (Å²) in [6.07, 6.45) is 2.31. The highest BCUT2D eigenvalue weighted by atomic mass is 16.5. The first kappa shape index (κ1) is 17.0. The van der Waals surface area contributed by atoms with E-state index in [2.05, 4.69) is 37.0 Å². The average Bonchev–Trinajstić information content (AvgIpc) is 2.80. The van der Waals surface area contributed by atoms with Gasteiger partial charge >= 0.3 is 5.97 Å². The van der Waals surface area contributed by atoms with Crippen LogP contribution in [0.5, 0.6) is 0 Å². The maximum absolute atomic E-state index is 11.4. The Morgan fingerprint density at radius 1 is 1.50 bits per heavy atom. The van der Waals surface area contributed by atoms with Crippen LogP contribution in [0.1, 0.15) is 38.4 Å². The molecule has 2 rings (SSSR count). The Hall–Kier alpha value is -1.40. The molecule has 1 unspecified atom stereocenters. The molecular formula is C16H27N3O3. The van der Waals surface area contributed by atoms with Crippen molar-refractivity contribution in [2.45, 2.75) is 45.3 Å². The first-order chi connectivity index (χ1) is 10.3. The fourth-order valence-corrected chi connectivity index (χ4v) is 2.84. The van der Waals surface area contributed by atoms with E-state index in [-0.39, 0.29) is 17.5 Å². The summed E-state index contributed by atoms with van der Waals surface area (Å²) in [6.45, 7) is 9.63. The summed E-state index contributed by atoms with van der Waals surface area (Å²) in [5, 5.41) is 4.61. The van der Waals surface area contributed by atoms with Gasteiger partial charge in [-0.15, -0.1) is 0 Å². The Morgan fingerprint density at radius 3 is 2.86 bits per heavy atom. The van der Waals surface area contributed by atoms with E-state index < -0.39 is 0 Å². The van der Waals surface area contributed by atoms with Gasteiger partial charge in [-0.3, -0.25) is 14.4 Å². The van der Waals surface area contributed by atoms with E-state index in [1.165, 1.54) is 12.7 Å². The van der Waals surface area contributed by atoms with Gasteiger partial charge < -0.3 is 9.47 Å². The molecule has 0 N–H and O–H groups in total. The zero-order valence-electron chi connectivity index (χ0n) is 14.3. The molecule has 0 aliphatic carbocycles. The van der Waals surface area contributed by atoms with Crippen molar-refractivity contribution in [2.24, 2.45) is 7.05 Å². The second-order valence-corrected chi connectivity index (χ2v) is 6.93. The molecule has 1 saturated heterocycles. The largest absolute Gasteiger partial charge is 0.469 e. The molecule has 0 radical (unpaired) electrons. The number of ether oxygens (including phenoxy) is 2. The van der Waals surface area contributed by atoms with Gasteiger partial charge in [0.05, 0.1) is 31.9 Å². The van der Waals surface area contributed by atoms with Gasteiger partial charge in [0.2, 0.25) is 0 Å². The zero-order valence-corrected chi connectivity index (χ0v) is 14.3. The second kappa shape index (κ2) is 6.79. The molecule has 124 valence electrons. The summed E-state index contributed by atoms with van der Waals surface area (Å²) < 4.78 is 12.3. The van der Waals surface area contributed by atoms with Crippen LogP contribution in [0.25, 0.3) is 0 Å². The molecule has 0 saturated carbocycles. The highest BCUT2D eigenvalue weighted by molar-refractivity contribution is 5.69. The molecule has 1 atom stereocenters. The Balaban J connectivity index is 2.03. The maximum atomic E-state index is 11.4. The molecule has 6 nitrogen and oxygen atoms in total. The Labute approximate surface area is 132 Å². The van der Waals surface area contributed by atoms with Gasteiger partial charge in [0.1, 0.15) is 0 Å². The quantitative estimate of drug-likeness (QED) is 0.789. The molecule has 2 heterocycles. The lowest BCUT2D eigenvalue weighted by atomic mass is 9.89. The molecule has 0 aromatic carbocycles. The van der Waals surface area contributed by atoms with Crippen LogP contribution < -0.4 is 0 Å². The van der Waals surface area contributed by atoms with Gasteiger partial charge in [-0.1, -0.05) is 20.8 Å². The van der Waals surface area contributed by atoms with E-state index >= 15 is 0 Å². The number of methoxy groups -OCH3 is 1. The van der Waals surface area contributed by atoms with Crippen molar-refractivity contribution in [1.82, 2.24) is 14.7 Å². The van der Waals surface area contributed by atoms with Gasteiger partial charge in [0.25, 0.3) is 0 Å².